The molecule has 1 aromatic carbocycles. The van der Waals surface area contributed by atoms with Crippen molar-refractivity contribution >= 4 is 22.1 Å². The Morgan fingerprint density at radius 3 is 2.67 bits per heavy atom. The smallest absolute Gasteiger partial charge is 0.244 e. The number of hydrazone groups is 1. The highest BCUT2D eigenvalue weighted by Crippen LogP contribution is 2.19. The molecular formula is C17H25N3O3S. The predicted molar refractivity (Wildman–Crippen MR) is 95.3 cm³/mol. The highest BCUT2D eigenvalue weighted by Gasteiger charge is 2.31. The van der Waals surface area contributed by atoms with E-state index in [0.29, 0.717) is 19.4 Å². The number of nitrogens with one attached hydrogen (secondary N) is 1. The van der Waals surface area contributed by atoms with Crippen molar-refractivity contribution < 1.29 is 13.2 Å². The Morgan fingerprint density at radius 2 is 2.04 bits per heavy atom. The van der Waals surface area contributed by atoms with Gasteiger partial charge in [0.05, 0.1) is 17.9 Å². The number of benzene rings is 1. The molecule has 7 heteroatoms. The van der Waals surface area contributed by atoms with Crippen molar-refractivity contribution in [2.24, 2.45) is 11.0 Å². The van der Waals surface area contributed by atoms with Crippen molar-refractivity contribution in [1.82, 2.24) is 9.73 Å². The molecule has 1 saturated heterocycles. The van der Waals surface area contributed by atoms with Crippen molar-refractivity contribution in [3.63, 3.8) is 0 Å². The van der Waals surface area contributed by atoms with Gasteiger partial charge in [0, 0.05) is 13.1 Å². The maximum absolute atomic E-state index is 12.2. The molecule has 0 aromatic heterocycles. The molecule has 0 saturated carbocycles. The van der Waals surface area contributed by atoms with Gasteiger partial charge in [-0.2, -0.15) is 5.10 Å². The molecule has 1 atom stereocenters. The van der Waals surface area contributed by atoms with Gasteiger partial charge in [0.15, 0.2) is 0 Å². The van der Waals surface area contributed by atoms with Gasteiger partial charge in [-0.05, 0) is 37.3 Å². The Hall–Kier alpha value is -1.73. The van der Waals surface area contributed by atoms with E-state index in [9.17, 15) is 13.2 Å². The molecular weight excluding hydrogens is 326 g/mol. The van der Waals surface area contributed by atoms with Gasteiger partial charge >= 0.3 is 0 Å². The lowest BCUT2D eigenvalue weighted by atomic mass is 9.99. The van der Waals surface area contributed by atoms with Crippen LogP contribution in [0.25, 0.3) is 0 Å². The molecule has 0 unspecified atom stereocenters. The van der Waals surface area contributed by atoms with Crippen molar-refractivity contribution in [2.75, 3.05) is 18.8 Å². The summed E-state index contributed by atoms with van der Waals surface area (Å²) in [5, 5.41) is 3.99. The second-order valence-electron chi connectivity index (χ2n) is 5.93. The Labute approximate surface area is 144 Å². The van der Waals surface area contributed by atoms with E-state index in [2.05, 4.69) is 17.5 Å². The van der Waals surface area contributed by atoms with E-state index in [4.69, 9.17) is 0 Å². The first-order chi connectivity index (χ1) is 11.5. The van der Waals surface area contributed by atoms with Crippen molar-refractivity contribution in [1.29, 1.82) is 0 Å². The maximum atomic E-state index is 12.2. The average Bonchev–Trinajstić information content (AvgIpc) is 2.62. The molecule has 0 radical (unpaired) electrons. The number of carbonyl (C=O) groups excluding carboxylic acids is 1. The maximum Gasteiger partial charge on any atom is 0.244 e. The summed E-state index contributed by atoms with van der Waals surface area (Å²) >= 11 is 0. The minimum absolute atomic E-state index is 0.0627. The predicted octanol–water partition coefficient (Wildman–Crippen LogP) is 1.76. The Morgan fingerprint density at radius 1 is 1.33 bits per heavy atom. The summed E-state index contributed by atoms with van der Waals surface area (Å²) in [6.45, 7) is 4.44. The summed E-state index contributed by atoms with van der Waals surface area (Å²) in [5.41, 5.74) is 4.68. The molecule has 0 spiro atoms. The lowest BCUT2D eigenvalue weighted by Gasteiger charge is -2.30. The standard InChI is InChI=1S/C17H25N3O3S/c1-3-14-7-9-15(10-8-14)12-18-19-17(21)16-6-5-11-20(13-16)24(22,23)4-2/h7-10,12,16H,3-6,11,13H2,1-2H3,(H,19,21)/b18-12-/t16-/m1/s1. The summed E-state index contributed by atoms with van der Waals surface area (Å²) < 4.78 is 25.3. The van der Waals surface area contributed by atoms with Crippen LogP contribution in [-0.2, 0) is 21.2 Å². The first-order valence-corrected chi connectivity index (χ1v) is 9.97. The summed E-state index contributed by atoms with van der Waals surface area (Å²) in [6.07, 6.45) is 3.95. The number of rotatable bonds is 6. The molecule has 1 aliphatic heterocycles. The second kappa shape index (κ2) is 8.39. The number of sulfonamides is 1. The Bertz CT molecular complexity index is 684. The molecule has 6 nitrogen and oxygen atoms in total. The summed E-state index contributed by atoms with van der Waals surface area (Å²) in [7, 11) is -3.24. The molecule has 0 bridgehead atoms. The van der Waals surface area contributed by atoms with Crippen LogP contribution in [0.2, 0.25) is 0 Å². The Kier molecular flexibility index (Phi) is 6.51. The molecule has 132 valence electrons. The Balaban J connectivity index is 1.90. The lowest BCUT2D eigenvalue weighted by Crippen LogP contribution is -2.45. The van der Waals surface area contributed by atoms with E-state index >= 15 is 0 Å². The third kappa shape index (κ3) is 4.88. The van der Waals surface area contributed by atoms with Gasteiger partial charge in [0.1, 0.15) is 0 Å². The van der Waals surface area contributed by atoms with Crippen LogP contribution >= 0.6 is 0 Å². The van der Waals surface area contributed by atoms with Gasteiger partial charge < -0.3 is 0 Å². The van der Waals surface area contributed by atoms with Crippen molar-refractivity contribution in [3.8, 4) is 0 Å². The van der Waals surface area contributed by atoms with Crippen LogP contribution in [0.5, 0.6) is 0 Å². The van der Waals surface area contributed by atoms with E-state index in [1.54, 1.807) is 13.1 Å². The van der Waals surface area contributed by atoms with Crippen LogP contribution in [0, 0.1) is 5.92 Å². The molecule has 0 aliphatic carbocycles. The zero-order valence-electron chi connectivity index (χ0n) is 14.2. The summed E-state index contributed by atoms with van der Waals surface area (Å²) in [5.74, 6) is -0.514. The number of amides is 1. The van der Waals surface area contributed by atoms with E-state index in [-0.39, 0.29) is 24.1 Å². The van der Waals surface area contributed by atoms with Crippen molar-refractivity contribution in [3.05, 3.63) is 35.4 Å². The second-order valence-corrected chi connectivity index (χ2v) is 8.18. The van der Waals surface area contributed by atoms with Gasteiger partial charge in [0.25, 0.3) is 0 Å². The number of nitrogens with zero attached hydrogens (tertiary/aromatic N) is 2. The van der Waals surface area contributed by atoms with Crippen LogP contribution in [0.3, 0.4) is 0 Å². The highest BCUT2D eigenvalue weighted by molar-refractivity contribution is 7.89. The fourth-order valence-electron chi connectivity index (χ4n) is 2.69. The first-order valence-electron chi connectivity index (χ1n) is 8.36. The first kappa shape index (κ1) is 18.6. The van der Waals surface area contributed by atoms with Crippen LogP contribution in [0.4, 0.5) is 0 Å². The number of piperidine rings is 1. The fourth-order valence-corrected chi connectivity index (χ4v) is 3.87. The molecule has 1 N–H and O–H groups in total. The van der Waals surface area contributed by atoms with Gasteiger partial charge in [-0.3, -0.25) is 4.79 Å². The minimum atomic E-state index is -3.24. The molecule has 24 heavy (non-hydrogen) atoms. The number of carbonyl (C=O) groups is 1. The van der Waals surface area contributed by atoms with Crippen molar-refractivity contribution in [2.45, 2.75) is 33.1 Å². The van der Waals surface area contributed by atoms with Crippen LogP contribution in [0.1, 0.15) is 37.8 Å². The monoisotopic (exact) mass is 351 g/mol. The molecule has 1 aromatic rings. The SMILES string of the molecule is CCc1ccc(/C=N\NC(=O)[C@@H]2CCCN(S(=O)(=O)CC)C2)cc1. The molecule has 1 heterocycles. The zero-order chi connectivity index (χ0) is 17.6. The summed E-state index contributed by atoms with van der Waals surface area (Å²) in [4.78, 5) is 12.2. The molecule has 1 aliphatic rings. The van der Waals surface area contributed by atoms with E-state index in [1.165, 1.54) is 9.87 Å². The van der Waals surface area contributed by atoms with Gasteiger partial charge in [-0.15, -0.1) is 0 Å². The van der Waals surface area contributed by atoms with Gasteiger partial charge in [0.2, 0.25) is 15.9 Å². The normalized spacial score (nSPS) is 19.5. The highest BCUT2D eigenvalue weighted by atomic mass is 32.2. The number of aryl methyl sites for hydroxylation is 1. The molecule has 1 fully saturated rings. The third-order valence-corrected chi connectivity index (χ3v) is 6.14. The quantitative estimate of drug-likeness (QED) is 0.626. The van der Waals surface area contributed by atoms with Crippen LogP contribution in [0.15, 0.2) is 29.4 Å². The average molecular weight is 351 g/mol. The lowest BCUT2D eigenvalue weighted by molar-refractivity contribution is -0.126. The zero-order valence-corrected chi connectivity index (χ0v) is 15.1. The fraction of sp³-hybridized carbons (Fsp3) is 0.529. The van der Waals surface area contributed by atoms with Gasteiger partial charge in [-0.1, -0.05) is 31.2 Å². The topological polar surface area (TPSA) is 78.8 Å². The van der Waals surface area contributed by atoms with E-state index in [0.717, 1.165) is 12.0 Å². The summed E-state index contributed by atoms with van der Waals surface area (Å²) in [6, 6.07) is 7.95. The third-order valence-electron chi connectivity index (χ3n) is 4.29. The van der Waals surface area contributed by atoms with Gasteiger partial charge in [-0.25, -0.2) is 18.1 Å². The number of hydrogen-bond acceptors (Lipinski definition) is 4. The number of hydrogen-bond donors (Lipinski definition) is 1. The molecule has 1 amide bonds. The van der Waals surface area contributed by atoms with E-state index in [1.807, 2.05) is 24.3 Å². The van der Waals surface area contributed by atoms with Crippen LogP contribution in [-0.4, -0.2) is 43.7 Å². The molecule has 2 rings (SSSR count). The minimum Gasteiger partial charge on any atom is -0.273 e. The van der Waals surface area contributed by atoms with E-state index < -0.39 is 10.0 Å². The largest absolute Gasteiger partial charge is 0.273 e. The van der Waals surface area contributed by atoms with Crippen LogP contribution < -0.4 is 5.43 Å².